The molecule has 0 saturated carbocycles. The first-order valence-electron chi connectivity index (χ1n) is 10.2. The lowest BCUT2D eigenvalue weighted by molar-refractivity contribution is -0.114. The molecule has 1 aliphatic carbocycles. The van der Waals surface area contributed by atoms with Gasteiger partial charge in [0.1, 0.15) is 17.0 Å². The van der Waals surface area contributed by atoms with Crippen molar-refractivity contribution in [2.45, 2.75) is 47.0 Å². The van der Waals surface area contributed by atoms with Crippen molar-refractivity contribution >= 4 is 39.0 Å². The van der Waals surface area contributed by atoms with E-state index < -0.39 is 0 Å². The van der Waals surface area contributed by atoms with Crippen LogP contribution in [0, 0.1) is 26.7 Å². The molecule has 152 valence electrons. The fourth-order valence-corrected chi connectivity index (χ4v) is 5.74. The SMILES string of the molecule is Cc1cc(C)c(NC(=O)CN(C)c2ncnc3sc4c(c23)CC[C@H](C)C4)c(C)c1. The van der Waals surface area contributed by atoms with Crippen LogP contribution in [-0.2, 0) is 17.6 Å². The zero-order valence-electron chi connectivity index (χ0n) is 17.8. The molecule has 0 saturated heterocycles. The van der Waals surface area contributed by atoms with Gasteiger partial charge in [0.25, 0.3) is 0 Å². The summed E-state index contributed by atoms with van der Waals surface area (Å²) in [4.78, 5) is 26.3. The summed E-state index contributed by atoms with van der Waals surface area (Å²) >= 11 is 1.78. The monoisotopic (exact) mass is 408 g/mol. The van der Waals surface area contributed by atoms with Crippen molar-refractivity contribution in [3.63, 3.8) is 0 Å². The van der Waals surface area contributed by atoms with E-state index in [0.717, 1.165) is 51.6 Å². The number of aryl methyl sites for hydroxylation is 4. The molecule has 6 heteroatoms. The number of carbonyl (C=O) groups excluding carboxylic acids is 1. The first-order valence-corrected chi connectivity index (χ1v) is 11.0. The fraction of sp³-hybridized carbons (Fsp3) is 0.435. The van der Waals surface area contributed by atoms with E-state index in [1.54, 1.807) is 17.7 Å². The van der Waals surface area contributed by atoms with Crippen LogP contribution in [0.5, 0.6) is 0 Å². The highest BCUT2D eigenvalue weighted by Gasteiger charge is 2.24. The van der Waals surface area contributed by atoms with Crippen LogP contribution in [-0.4, -0.2) is 29.5 Å². The van der Waals surface area contributed by atoms with E-state index in [2.05, 4.69) is 41.3 Å². The maximum Gasteiger partial charge on any atom is 0.243 e. The van der Waals surface area contributed by atoms with E-state index in [9.17, 15) is 4.79 Å². The highest BCUT2D eigenvalue weighted by Crippen LogP contribution is 2.40. The van der Waals surface area contributed by atoms with Crippen molar-refractivity contribution in [1.29, 1.82) is 0 Å². The Kier molecular flexibility index (Phi) is 5.30. The van der Waals surface area contributed by atoms with E-state index in [4.69, 9.17) is 0 Å². The van der Waals surface area contributed by atoms with E-state index in [1.165, 1.54) is 22.4 Å². The Hall–Kier alpha value is -2.47. The Morgan fingerprint density at radius 2 is 1.97 bits per heavy atom. The zero-order chi connectivity index (χ0) is 20.7. The van der Waals surface area contributed by atoms with Gasteiger partial charge in [-0.25, -0.2) is 9.97 Å². The summed E-state index contributed by atoms with van der Waals surface area (Å²) in [6, 6.07) is 4.19. The smallest absolute Gasteiger partial charge is 0.243 e. The average molecular weight is 409 g/mol. The van der Waals surface area contributed by atoms with Gasteiger partial charge in [-0.15, -0.1) is 11.3 Å². The Balaban J connectivity index is 1.58. The number of rotatable bonds is 4. The standard InChI is InChI=1S/C23H28N4OS/c1-13-6-7-17-18(10-13)29-23-20(17)22(24-12-25-23)27(5)11-19(28)26-21-15(3)8-14(2)9-16(21)4/h8-9,12-13H,6-7,10-11H2,1-5H3,(H,26,28)/t13-/m0/s1. The van der Waals surface area contributed by atoms with Crippen molar-refractivity contribution in [2.24, 2.45) is 5.92 Å². The van der Waals surface area contributed by atoms with Crippen molar-refractivity contribution < 1.29 is 4.79 Å². The molecular weight excluding hydrogens is 380 g/mol. The topological polar surface area (TPSA) is 58.1 Å². The van der Waals surface area contributed by atoms with Crippen LogP contribution in [0.3, 0.4) is 0 Å². The summed E-state index contributed by atoms with van der Waals surface area (Å²) < 4.78 is 0. The Bertz CT molecular complexity index is 1060. The van der Waals surface area contributed by atoms with Crippen LogP contribution >= 0.6 is 11.3 Å². The maximum absolute atomic E-state index is 12.8. The zero-order valence-corrected chi connectivity index (χ0v) is 18.6. The molecule has 0 fully saturated rings. The van der Waals surface area contributed by atoms with Crippen molar-refractivity contribution in [2.75, 3.05) is 23.8 Å². The summed E-state index contributed by atoms with van der Waals surface area (Å²) in [7, 11) is 1.94. The van der Waals surface area contributed by atoms with Crippen molar-refractivity contribution in [3.05, 3.63) is 45.6 Å². The largest absolute Gasteiger partial charge is 0.350 e. The Labute approximate surface area is 176 Å². The van der Waals surface area contributed by atoms with E-state index >= 15 is 0 Å². The second-order valence-electron chi connectivity index (χ2n) is 8.41. The lowest BCUT2D eigenvalue weighted by Gasteiger charge is -2.22. The number of aromatic nitrogens is 2. The van der Waals surface area contributed by atoms with Gasteiger partial charge in [0, 0.05) is 17.6 Å². The van der Waals surface area contributed by atoms with E-state index in [0.29, 0.717) is 0 Å². The molecule has 1 aliphatic rings. The number of hydrogen-bond acceptors (Lipinski definition) is 5. The van der Waals surface area contributed by atoms with Gasteiger partial charge in [0.15, 0.2) is 0 Å². The van der Waals surface area contributed by atoms with Gasteiger partial charge in [0.2, 0.25) is 5.91 Å². The summed E-state index contributed by atoms with van der Waals surface area (Å²) in [5.41, 5.74) is 5.67. The minimum Gasteiger partial charge on any atom is -0.350 e. The molecule has 4 rings (SSSR count). The van der Waals surface area contributed by atoms with Crippen LogP contribution in [0.2, 0.25) is 0 Å². The second kappa shape index (κ2) is 7.75. The molecule has 29 heavy (non-hydrogen) atoms. The molecule has 0 unspecified atom stereocenters. The number of nitrogens with one attached hydrogen (secondary N) is 1. The summed E-state index contributed by atoms with van der Waals surface area (Å²) in [6.45, 7) is 8.70. The number of nitrogens with zero attached hydrogens (tertiary/aromatic N) is 3. The fourth-order valence-electron chi connectivity index (χ4n) is 4.39. The van der Waals surface area contributed by atoms with Gasteiger partial charge in [-0.05, 0) is 62.6 Å². The Morgan fingerprint density at radius 1 is 1.24 bits per heavy atom. The summed E-state index contributed by atoms with van der Waals surface area (Å²) in [5.74, 6) is 1.54. The molecule has 1 aromatic carbocycles. The highest BCUT2D eigenvalue weighted by atomic mass is 32.1. The molecule has 2 aromatic heterocycles. The van der Waals surface area contributed by atoms with Gasteiger partial charge in [-0.3, -0.25) is 4.79 Å². The van der Waals surface area contributed by atoms with Crippen LogP contribution in [0.1, 0.15) is 40.5 Å². The number of amides is 1. The van der Waals surface area contributed by atoms with Crippen LogP contribution < -0.4 is 10.2 Å². The first-order chi connectivity index (χ1) is 13.8. The third kappa shape index (κ3) is 3.86. The molecule has 1 amide bonds. The molecule has 0 bridgehead atoms. The number of thiophene rings is 1. The average Bonchev–Trinajstić information content (AvgIpc) is 3.01. The maximum atomic E-state index is 12.8. The number of likely N-dealkylation sites (N-methyl/N-ethyl adjacent to an activating group) is 1. The summed E-state index contributed by atoms with van der Waals surface area (Å²) in [6.07, 6.45) is 5.00. The van der Waals surface area contributed by atoms with Crippen LogP contribution in [0.4, 0.5) is 11.5 Å². The third-order valence-corrected chi connectivity index (χ3v) is 6.92. The molecule has 0 radical (unpaired) electrons. The predicted molar refractivity (Wildman–Crippen MR) is 121 cm³/mol. The van der Waals surface area contributed by atoms with Gasteiger partial charge < -0.3 is 10.2 Å². The lowest BCUT2D eigenvalue weighted by Crippen LogP contribution is -2.31. The highest BCUT2D eigenvalue weighted by molar-refractivity contribution is 7.19. The van der Waals surface area contributed by atoms with E-state index in [1.807, 2.05) is 25.8 Å². The first kappa shape index (κ1) is 19.8. The summed E-state index contributed by atoms with van der Waals surface area (Å²) in [5, 5.41) is 4.23. The molecule has 5 nitrogen and oxygen atoms in total. The minimum absolute atomic E-state index is 0.0352. The minimum atomic E-state index is -0.0352. The lowest BCUT2D eigenvalue weighted by atomic mass is 9.89. The van der Waals surface area contributed by atoms with Crippen molar-refractivity contribution in [3.8, 4) is 0 Å². The van der Waals surface area contributed by atoms with Crippen LogP contribution in [0.15, 0.2) is 18.5 Å². The number of benzene rings is 1. The molecule has 3 aromatic rings. The predicted octanol–water partition coefficient (Wildman–Crippen LogP) is 4.82. The number of anilines is 2. The molecular formula is C23H28N4OS. The molecule has 0 spiro atoms. The van der Waals surface area contributed by atoms with Gasteiger partial charge in [-0.1, -0.05) is 24.6 Å². The van der Waals surface area contributed by atoms with Crippen molar-refractivity contribution in [1.82, 2.24) is 9.97 Å². The van der Waals surface area contributed by atoms with E-state index in [-0.39, 0.29) is 12.5 Å². The van der Waals surface area contributed by atoms with Gasteiger partial charge in [0.05, 0.1) is 11.9 Å². The van der Waals surface area contributed by atoms with Gasteiger partial charge >= 0.3 is 0 Å². The Morgan fingerprint density at radius 3 is 2.69 bits per heavy atom. The molecule has 1 N–H and O–H groups in total. The number of carbonyl (C=O) groups is 1. The normalized spacial score (nSPS) is 16.0. The quantitative estimate of drug-likeness (QED) is 0.673. The van der Waals surface area contributed by atoms with Crippen LogP contribution in [0.25, 0.3) is 10.2 Å². The molecule has 2 heterocycles. The number of fused-ring (bicyclic) bond motifs is 3. The molecule has 1 atom stereocenters. The second-order valence-corrected chi connectivity index (χ2v) is 9.49. The molecule has 0 aliphatic heterocycles. The number of hydrogen-bond donors (Lipinski definition) is 1. The third-order valence-electron chi connectivity index (χ3n) is 5.76. The van der Waals surface area contributed by atoms with Gasteiger partial charge in [-0.2, -0.15) is 0 Å².